The van der Waals surface area contributed by atoms with Crippen molar-refractivity contribution >= 4 is 5.91 Å². The molecule has 5 nitrogen and oxygen atoms in total. The Bertz CT molecular complexity index is 970. The summed E-state index contributed by atoms with van der Waals surface area (Å²) in [6.45, 7) is 1.26. The van der Waals surface area contributed by atoms with Crippen LogP contribution in [-0.4, -0.2) is 39.1 Å². The largest absolute Gasteiger partial charge is 0.338 e. The molecule has 1 amide bonds. The highest BCUT2D eigenvalue weighted by Gasteiger charge is 2.26. The Balaban J connectivity index is 1.46. The maximum absolute atomic E-state index is 13.9. The van der Waals surface area contributed by atoms with Crippen molar-refractivity contribution in [2.24, 2.45) is 5.92 Å². The molecular formula is C22H22F2N4O. The second-order valence-corrected chi connectivity index (χ2v) is 7.38. The van der Waals surface area contributed by atoms with Gasteiger partial charge >= 0.3 is 0 Å². The van der Waals surface area contributed by atoms with E-state index in [-0.39, 0.29) is 17.4 Å². The van der Waals surface area contributed by atoms with E-state index < -0.39 is 11.6 Å². The van der Waals surface area contributed by atoms with Gasteiger partial charge in [0.2, 0.25) is 0 Å². The van der Waals surface area contributed by atoms with Crippen molar-refractivity contribution in [3.05, 3.63) is 71.6 Å². The third-order valence-corrected chi connectivity index (χ3v) is 5.50. The Morgan fingerprint density at radius 1 is 1.14 bits per heavy atom. The number of aromatic nitrogens is 3. The number of amides is 1. The molecule has 1 aliphatic rings. The van der Waals surface area contributed by atoms with Crippen LogP contribution in [0.5, 0.6) is 0 Å². The lowest BCUT2D eigenvalue weighted by molar-refractivity contribution is 0.0668. The van der Waals surface area contributed by atoms with E-state index in [2.05, 4.69) is 15.2 Å². The van der Waals surface area contributed by atoms with Gasteiger partial charge in [-0.05, 0) is 49.8 Å². The van der Waals surface area contributed by atoms with Gasteiger partial charge in [0.1, 0.15) is 18.0 Å². The monoisotopic (exact) mass is 396 g/mol. The molecule has 0 radical (unpaired) electrons. The summed E-state index contributed by atoms with van der Waals surface area (Å²) < 4.78 is 27.8. The van der Waals surface area contributed by atoms with Crippen molar-refractivity contribution in [3.8, 4) is 11.4 Å². The summed E-state index contributed by atoms with van der Waals surface area (Å²) in [5.41, 5.74) is 1.42. The van der Waals surface area contributed by atoms with Crippen LogP contribution in [0.15, 0.2) is 48.8 Å². The fourth-order valence-corrected chi connectivity index (χ4v) is 3.99. The molecule has 29 heavy (non-hydrogen) atoms. The van der Waals surface area contributed by atoms with Gasteiger partial charge < -0.3 is 4.90 Å². The van der Waals surface area contributed by atoms with Gasteiger partial charge in [0.25, 0.3) is 5.91 Å². The number of halogens is 2. The Morgan fingerprint density at radius 2 is 1.93 bits per heavy atom. The molecule has 0 unspecified atom stereocenters. The molecule has 3 aromatic rings. The van der Waals surface area contributed by atoms with E-state index in [1.54, 1.807) is 6.07 Å². The summed E-state index contributed by atoms with van der Waals surface area (Å²) in [5, 5.41) is 6.68. The zero-order valence-electron chi connectivity index (χ0n) is 15.9. The van der Waals surface area contributed by atoms with Crippen LogP contribution in [0.2, 0.25) is 0 Å². The van der Waals surface area contributed by atoms with Crippen LogP contribution < -0.4 is 0 Å². The maximum Gasteiger partial charge on any atom is 0.254 e. The van der Waals surface area contributed by atoms with E-state index in [1.165, 1.54) is 24.5 Å². The molecule has 4 rings (SSSR count). The molecule has 1 atom stereocenters. The van der Waals surface area contributed by atoms with Gasteiger partial charge in [-0.2, -0.15) is 5.10 Å². The minimum atomic E-state index is -0.505. The second-order valence-electron chi connectivity index (χ2n) is 7.38. The van der Waals surface area contributed by atoms with Crippen LogP contribution in [0.1, 0.15) is 35.2 Å². The molecule has 2 heterocycles. The van der Waals surface area contributed by atoms with Crippen LogP contribution in [0, 0.1) is 17.6 Å². The van der Waals surface area contributed by atoms with E-state index >= 15 is 0 Å². The molecular weight excluding hydrogens is 374 g/mol. The first kappa shape index (κ1) is 19.2. The van der Waals surface area contributed by atoms with Crippen LogP contribution in [-0.2, 0) is 6.42 Å². The Labute approximate surface area is 167 Å². The Hall–Kier alpha value is -3.09. The molecule has 1 aromatic heterocycles. The molecule has 0 saturated carbocycles. The first-order chi connectivity index (χ1) is 14.1. The topological polar surface area (TPSA) is 61.9 Å². The van der Waals surface area contributed by atoms with Gasteiger partial charge in [-0.25, -0.2) is 13.8 Å². The number of hydrogen-bond acceptors (Lipinski definition) is 3. The highest BCUT2D eigenvalue weighted by molar-refractivity contribution is 6.00. The summed E-state index contributed by atoms with van der Waals surface area (Å²) in [6.07, 6.45) is 4.21. The second kappa shape index (κ2) is 8.51. The quantitative estimate of drug-likeness (QED) is 0.702. The van der Waals surface area contributed by atoms with Crippen molar-refractivity contribution in [2.75, 3.05) is 13.1 Å². The van der Waals surface area contributed by atoms with Crippen LogP contribution in [0.3, 0.4) is 0 Å². The molecule has 7 heteroatoms. The zero-order chi connectivity index (χ0) is 20.2. The third kappa shape index (κ3) is 4.18. The highest BCUT2D eigenvalue weighted by atomic mass is 19.1. The number of carbonyl (C=O) groups excluding carboxylic acids is 1. The molecule has 150 valence electrons. The summed E-state index contributed by atoms with van der Waals surface area (Å²) in [5.74, 6) is -0.301. The predicted molar refractivity (Wildman–Crippen MR) is 105 cm³/mol. The van der Waals surface area contributed by atoms with Gasteiger partial charge in [0.05, 0.1) is 5.56 Å². The fraction of sp³-hybridized carbons (Fsp3) is 0.318. The minimum Gasteiger partial charge on any atom is -0.338 e. The normalized spacial score (nSPS) is 16.8. The van der Waals surface area contributed by atoms with Crippen LogP contribution in [0.4, 0.5) is 8.78 Å². The maximum atomic E-state index is 13.9. The lowest BCUT2D eigenvalue weighted by atomic mass is 9.91. The smallest absolute Gasteiger partial charge is 0.254 e. The van der Waals surface area contributed by atoms with E-state index in [1.807, 2.05) is 23.1 Å². The predicted octanol–water partition coefficient (Wildman–Crippen LogP) is 4.23. The number of piperidine rings is 1. The summed E-state index contributed by atoms with van der Waals surface area (Å²) in [6, 6.07) is 11.3. The van der Waals surface area contributed by atoms with Gasteiger partial charge in [-0.3, -0.25) is 9.89 Å². The Morgan fingerprint density at radius 3 is 2.69 bits per heavy atom. The number of hydrogen-bond donors (Lipinski definition) is 1. The van der Waals surface area contributed by atoms with E-state index in [0.717, 1.165) is 12.8 Å². The molecule has 1 saturated heterocycles. The molecule has 0 bridgehead atoms. The molecule has 1 aliphatic heterocycles. The summed E-state index contributed by atoms with van der Waals surface area (Å²) >= 11 is 0. The number of nitrogens with zero attached hydrogens (tertiary/aromatic N) is 3. The zero-order valence-corrected chi connectivity index (χ0v) is 15.9. The highest BCUT2D eigenvalue weighted by Crippen LogP contribution is 2.27. The number of likely N-dealkylation sites (tertiary alicyclic amines) is 1. The minimum absolute atomic E-state index is 0.0567. The van der Waals surface area contributed by atoms with Crippen molar-refractivity contribution in [3.63, 3.8) is 0 Å². The van der Waals surface area contributed by atoms with Gasteiger partial charge in [-0.15, -0.1) is 0 Å². The van der Waals surface area contributed by atoms with Crippen molar-refractivity contribution in [1.29, 1.82) is 0 Å². The van der Waals surface area contributed by atoms with Gasteiger partial charge in [0, 0.05) is 24.2 Å². The number of nitrogens with one attached hydrogen (secondary N) is 1. The van der Waals surface area contributed by atoms with Gasteiger partial charge in [0.15, 0.2) is 5.82 Å². The average molecular weight is 396 g/mol. The van der Waals surface area contributed by atoms with Crippen molar-refractivity contribution in [2.45, 2.75) is 25.7 Å². The van der Waals surface area contributed by atoms with Crippen LogP contribution in [0.25, 0.3) is 11.4 Å². The summed E-state index contributed by atoms with van der Waals surface area (Å²) in [4.78, 5) is 19.2. The molecule has 1 N–H and O–H groups in total. The number of aromatic amines is 1. The number of benzene rings is 2. The third-order valence-electron chi connectivity index (χ3n) is 5.50. The van der Waals surface area contributed by atoms with Gasteiger partial charge in [-0.1, -0.05) is 24.3 Å². The first-order valence-electron chi connectivity index (χ1n) is 9.80. The molecule has 1 fully saturated rings. The van der Waals surface area contributed by atoms with Crippen molar-refractivity contribution < 1.29 is 13.6 Å². The number of rotatable bonds is 5. The van der Waals surface area contributed by atoms with Crippen LogP contribution >= 0.6 is 0 Å². The fourth-order valence-electron chi connectivity index (χ4n) is 3.99. The Kier molecular flexibility index (Phi) is 5.64. The lowest BCUT2D eigenvalue weighted by Crippen LogP contribution is -2.40. The number of H-pyrrole nitrogens is 1. The number of carbonyl (C=O) groups is 1. The standard InChI is InChI=1S/C22H22F2N4O/c23-19-8-3-9-20(24)18(19)11-10-15-5-4-12-28(13-15)22(29)17-7-2-1-6-16(17)21-25-14-26-27-21/h1-3,6-9,14-15H,4-5,10-13H2,(H,25,26,27)/t15-/m0/s1. The van der Waals surface area contributed by atoms with E-state index in [0.29, 0.717) is 42.9 Å². The SMILES string of the molecule is O=C(c1ccccc1-c1ncn[nH]1)N1CCC[C@@H](CCc2c(F)cccc2F)C1. The first-order valence-corrected chi connectivity index (χ1v) is 9.80. The molecule has 0 spiro atoms. The van der Waals surface area contributed by atoms with E-state index in [9.17, 15) is 13.6 Å². The van der Waals surface area contributed by atoms with E-state index in [4.69, 9.17) is 0 Å². The molecule has 0 aliphatic carbocycles. The lowest BCUT2D eigenvalue weighted by Gasteiger charge is -2.33. The average Bonchev–Trinajstić information content (AvgIpc) is 3.28. The van der Waals surface area contributed by atoms with Crippen molar-refractivity contribution in [1.82, 2.24) is 20.1 Å². The summed E-state index contributed by atoms with van der Waals surface area (Å²) in [7, 11) is 0. The molecule has 2 aromatic carbocycles.